The van der Waals surface area contributed by atoms with Crippen LogP contribution in [0.4, 0.5) is 5.82 Å². The van der Waals surface area contributed by atoms with Gasteiger partial charge in [-0.1, -0.05) is 6.07 Å². The van der Waals surface area contributed by atoms with Gasteiger partial charge in [-0.25, -0.2) is 4.98 Å². The number of rotatable bonds is 3. The molecule has 17 heavy (non-hydrogen) atoms. The number of pyridine rings is 1. The minimum absolute atomic E-state index is 0.0417. The average Bonchev–Trinajstić information content (AvgIpc) is 2.28. The van der Waals surface area contributed by atoms with Gasteiger partial charge < -0.3 is 15.8 Å². The van der Waals surface area contributed by atoms with Crippen molar-refractivity contribution in [3.8, 4) is 0 Å². The van der Waals surface area contributed by atoms with E-state index in [1.807, 2.05) is 26.8 Å². The molecule has 0 aliphatic carbocycles. The molecule has 0 saturated carbocycles. The number of carbonyl (C=O) groups excluding carboxylic acids is 1. The van der Waals surface area contributed by atoms with Gasteiger partial charge in [0.2, 0.25) is 6.41 Å². The van der Waals surface area contributed by atoms with Crippen molar-refractivity contribution in [3.63, 3.8) is 0 Å². The summed E-state index contributed by atoms with van der Waals surface area (Å²) in [5.41, 5.74) is 6.33. The van der Waals surface area contributed by atoms with Crippen molar-refractivity contribution >= 4 is 12.2 Å². The van der Waals surface area contributed by atoms with E-state index in [9.17, 15) is 4.79 Å². The first-order chi connectivity index (χ1) is 7.89. The summed E-state index contributed by atoms with van der Waals surface area (Å²) in [6.45, 7) is 6.56. The number of ether oxygens (including phenoxy) is 1. The monoisotopic (exact) mass is 239 g/mol. The summed E-state index contributed by atoms with van der Waals surface area (Å²) in [7, 11) is 1.71. The van der Waals surface area contributed by atoms with Crippen molar-refractivity contribution in [2.75, 3.05) is 12.8 Å². The molecule has 1 amide bonds. The highest BCUT2D eigenvalue weighted by molar-refractivity contribution is 5.46. The Kier molecular flexibility index (Phi) is 6.89. The van der Waals surface area contributed by atoms with Gasteiger partial charge >= 0.3 is 0 Å². The van der Waals surface area contributed by atoms with Crippen LogP contribution in [0, 0.1) is 0 Å². The number of nitrogens with zero attached hydrogens (tertiary/aromatic N) is 1. The topological polar surface area (TPSA) is 77.2 Å². The number of methoxy groups -OCH3 is 1. The lowest BCUT2D eigenvalue weighted by atomic mass is 10.2. The van der Waals surface area contributed by atoms with Gasteiger partial charge in [0, 0.05) is 19.9 Å². The van der Waals surface area contributed by atoms with E-state index in [2.05, 4.69) is 10.3 Å². The van der Waals surface area contributed by atoms with Crippen molar-refractivity contribution < 1.29 is 9.53 Å². The van der Waals surface area contributed by atoms with Gasteiger partial charge in [-0.15, -0.1) is 0 Å². The quantitative estimate of drug-likeness (QED) is 0.780. The number of nitrogen functional groups attached to an aromatic ring is 1. The van der Waals surface area contributed by atoms with Crippen LogP contribution in [0.5, 0.6) is 0 Å². The highest BCUT2D eigenvalue weighted by Crippen LogP contribution is 2.02. The number of anilines is 1. The summed E-state index contributed by atoms with van der Waals surface area (Å²) in [6.07, 6.45) is 2.28. The Labute approximate surface area is 102 Å². The molecule has 1 heterocycles. The minimum Gasteiger partial charge on any atom is -0.384 e. The molecule has 0 aromatic carbocycles. The first kappa shape index (κ1) is 15.4. The fourth-order valence-electron chi connectivity index (χ4n) is 0.700. The fraction of sp³-hybridized carbons (Fsp3) is 0.500. The van der Waals surface area contributed by atoms with Crippen molar-refractivity contribution in [2.45, 2.75) is 32.9 Å². The number of hydrogen-bond acceptors (Lipinski definition) is 4. The average molecular weight is 239 g/mol. The molecule has 0 spiro atoms. The van der Waals surface area contributed by atoms with Crippen LogP contribution in [0.2, 0.25) is 0 Å². The summed E-state index contributed by atoms with van der Waals surface area (Å²) in [6, 6.07) is 3.51. The summed E-state index contributed by atoms with van der Waals surface area (Å²) in [5, 5.41) is 2.52. The van der Waals surface area contributed by atoms with Gasteiger partial charge in [-0.05, 0) is 32.4 Å². The van der Waals surface area contributed by atoms with Gasteiger partial charge in [0.05, 0.1) is 5.60 Å². The molecule has 0 unspecified atom stereocenters. The second-order valence-electron chi connectivity index (χ2n) is 4.41. The predicted octanol–water partition coefficient (Wildman–Crippen LogP) is 1.34. The first-order valence-corrected chi connectivity index (χ1v) is 5.31. The maximum Gasteiger partial charge on any atom is 0.207 e. The largest absolute Gasteiger partial charge is 0.384 e. The zero-order valence-electron chi connectivity index (χ0n) is 10.9. The molecule has 0 saturated heterocycles. The molecule has 1 aromatic heterocycles. The lowest BCUT2D eigenvalue weighted by Gasteiger charge is -2.14. The fourth-order valence-corrected chi connectivity index (χ4v) is 0.700. The van der Waals surface area contributed by atoms with E-state index in [1.165, 1.54) is 0 Å². The molecular formula is C12H21N3O2. The highest BCUT2D eigenvalue weighted by Gasteiger charge is 2.04. The summed E-state index contributed by atoms with van der Waals surface area (Å²) in [5.74, 6) is 0.486. The third-order valence-corrected chi connectivity index (χ3v) is 1.85. The first-order valence-electron chi connectivity index (χ1n) is 5.31. The van der Waals surface area contributed by atoms with E-state index in [1.54, 1.807) is 19.4 Å². The van der Waals surface area contributed by atoms with Crippen LogP contribution in [0.15, 0.2) is 18.3 Å². The van der Waals surface area contributed by atoms with Gasteiger partial charge in [0.25, 0.3) is 0 Å². The van der Waals surface area contributed by atoms with Crippen LogP contribution in [-0.4, -0.2) is 24.1 Å². The number of nitrogens with two attached hydrogens (primary N) is 1. The van der Waals surface area contributed by atoms with Gasteiger partial charge in [0.15, 0.2) is 0 Å². The molecule has 5 nitrogen and oxygen atoms in total. The van der Waals surface area contributed by atoms with E-state index >= 15 is 0 Å². The smallest absolute Gasteiger partial charge is 0.207 e. The second-order valence-corrected chi connectivity index (χ2v) is 4.41. The van der Waals surface area contributed by atoms with Crippen molar-refractivity contribution in [2.24, 2.45) is 0 Å². The highest BCUT2D eigenvalue weighted by atomic mass is 16.5. The van der Waals surface area contributed by atoms with Crippen LogP contribution in [0.1, 0.15) is 26.3 Å². The molecule has 5 heteroatoms. The molecule has 0 aliphatic rings. The van der Waals surface area contributed by atoms with E-state index in [0.29, 0.717) is 18.8 Å². The van der Waals surface area contributed by atoms with Gasteiger partial charge in [-0.3, -0.25) is 4.79 Å². The Hall–Kier alpha value is -1.62. The van der Waals surface area contributed by atoms with E-state index in [0.717, 1.165) is 5.56 Å². The minimum atomic E-state index is 0.0417. The molecule has 3 N–H and O–H groups in total. The van der Waals surface area contributed by atoms with E-state index in [-0.39, 0.29) is 5.60 Å². The molecule has 1 aromatic rings. The second kappa shape index (κ2) is 7.62. The summed E-state index contributed by atoms with van der Waals surface area (Å²) >= 11 is 0. The molecule has 1 rings (SSSR count). The normalized spacial score (nSPS) is 10.1. The van der Waals surface area contributed by atoms with Crippen molar-refractivity contribution in [1.29, 1.82) is 0 Å². The Morgan fingerprint density at radius 1 is 1.47 bits per heavy atom. The van der Waals surface area contributed by atoms with Crippen LogP contribution >= 0.6 is 0 Å². The number of hydrogen-bond donors (Lipinski definition) is 2. The van der Waals surface area contributed by atoms with Crippen molar-refractivity contribution in [1.82, 2.24) is 10.3 Å². The maximum absolute atomic E-state index is 9.89. The number of nitrogens with one attached hydrogen (secondary N) is 1. The predicted molar refractivity (Wildman–Crippen MR) is 68.3 cm³/mol. The molecule has 0 radical (unpaired) electrons. The Morgan fingerprint density at radius 3 is 2.41 bits per heavy atom. The molecule has 0 bridgehead atoms. The molecule has 96 valence electrons. The zero-order valence-corrected chi connectivity index (χ0v) is 10.9. The van der Waals surface area contributed by atoms with Crippen LogP contribution in [0.3, 0.4) is 0 Å². The van der Waals surface area contributed by atoms with Gasteiger partial charge in [-0.2, -0.15) is 0 Å². The number of amides is 1. The number of aromatic nitrogens is 1. The molecule has 0 atom stereocenters. The Balaban J connectivity index is 0.000000366. The third-order valence-electron chi connectivity index (χ3n) is 1.85. The summed E-state index contributed by atoms with van der Waals surface area (Å²) in [4.78, 5) is 13.7. The Bertz CT molecular complexity index is 318. The third kappa shape index (κ3) is 9.32. The lowest BCUT2D eigenvalue weighted by molar-refractivity contribution is -0.109. The molecule has 0 aliphatic heterocycles. The zero-order chi connectivity index (χ0) is 13.3. The van der Waals surface area contributed by atoms with E-state index in [4.69, 9.17) is 10.5 Å². The molecular weight excluding hydrogens is 218 g/mol. The Morgan fingerprint density at radius 2 is 2.06 bits per heavy atom. The molecule has 0 fully saturated rings. The van der Waals surface area contributed by atoms with Crippen LogP contribution < -0.4 is 11.1 Å². The van der Waals surface area contributed by atoms with Gasteiger partial charge in [0.1, 0.15) is 5.82 Å². The number of carbonyl (C=O) groups is 1. The summed E-state index contributed by atoms with van der Waals surface area (Å²) < 4.78 is 4.94. The van der Waals surface area contributed by atoms with Crippen LogP contribution in [-0.2, 0) is 16.1 Å². The SMILES string of the molecule is COC(C)(C)C.Nc1ccc(CNC=O)cn1. The van der Waals surface area contributed by atoms with Crippen LogP contribution in [0.25, 0.3) is 0 Å². The van der Waals surface area contributed by atoms with Crippen molar-refractivity contribution in [3.05, 3.63) is 23.9 Å². The standard InChI is InChI=1S/C7H9N3O.C5H12O/c8-7-2-1-6(4-10-7)3-9-5-11;1-5(2,3)6-4/h1-2,4-5H,3H2,(H2,8,10)(H,9,11);1-4H3. The lowest BCUT2D eigenvalue weighted by Crippen LogP contribution is -2.15. The maximum atomic E-state index is 9.89. The van der Waals surface area contributed by atoms with E-state index < -0.39 is 0 Å².